The number of aldehydes is 1. The largest absolute Gasteiger partial charge is 0.457 e. The Hall–Kier alpha value is -2.29. The van der Waals surface area contributed by atoms with Gasteiger partial charge in [0.15, 0.2) is 0 Å². The molecule has 0 unspecified atom stereocenters. The van der Waals surface area contributed by atoms with E-state index in [9.17, 15) is 4.79 Å². The summed E-state index contributed by atoms with van der Waals surface area (Å²) in [5.41, 5.74) is 1.68. The quantitative estimate of drug-likeness (QED) is 0.814. The molecular formula is C14H13NO2. The van der Waals surface area contributed by atoms with Crippen molar-refractivity contribution in [1.82, 2.24) is 0 Å². The minimum absolute atomic E-state index is 0.642. The highest BCUT2D eigenvalue weighted by molar-refractivity contribution is 5.74. The number of carbonyl (C=O) groups excluding carboxylic acids is 1. The molecule has 0 aliphatic carbocycles. The number of carbonyl (C=O) groups is 1. The highest BCUT2D eigenvalue weighted by atomic mass is 16.5. The minimum Gasteiger partial charge on any atom is -0.457 e. The maximum atomic E-state index is 10.5. The van der Waals surface area contributed by atoms with Gasteiger partial charge in [0.1, 0.15) is 17.8 Å². The summed E-state index contributed by atoms with van der Waals surface area (Å²) in [6.07, 6.45) is 0.811. The zero-order valence-corrected chi connectivity index (χ0v) is 9.51. The number of benzene rings is 2. The predicted molar refractivity (Wildman–Crippen MR) is 67.9 cm³/mol. The normalized spacial score (nSPS) is 9.71. The highest BCUT2D eigenvalue weighted by Gasteiger charge is 1.97. The van der Waals surface area contributed by atoms with Crippen molar-refractivity contribution >= 4 is 12.0 Å². The van der Waals surface area contributed by atoms with Gasteiger partial charge in [0.25, 0.3) is 0 Å². The van der Waals surface area contributed by atoms with E-state index in [1.807, 2.05) is 31.3 Å². The molecule has 0 spiro atoms. The highest BCUT2D eigenvalue weighted by Crippen LogP contribution is 2.22. The fourth-order valence-electron chi connectivity index (χ4n) is 1.44. The van der Waals surface area contributed by atoms with Crippen LogP contribution in [0.2, 0.25) is 0 Å². The van der Waals surface area contributed by atoms with E-state index in [1.165, 1.54) is 0 Å². The number of rotatable bonds is 4. The average Bonchev–Trinajstić information content (AvgIpc) is 2.40. The molecule has 0 bridgehead atoms. The first kappa shape index (κ1) is 11.2. The van der Waals surface area contributed by atoms with Crippen LogP contribution in [0.3, 0.4) is 0 Å². The van der Waals surface area contributed by atoms with Crippen LogP contribution >= 0.6 is 0 Å². The molecule has 0 heterocycles. The van der Waals surface area contributed by atoms with Crippen molar-refractivity contribution in [2.24, 2.45) is 0 Å². The lowest BCUT2D eigenvalue weighted by atomic mass is 10.2. The zero-order chi connectivity index (χ0) is 12.1. The Labute approximate surface area is 100 Å². The molecule has 17 heavy (non-hydrogen) atoms. The second kappa shape index (κ2) is 5.16. The summed E-state index contributed by atoms with van der Waals surface area (Å²) in [5.74, 6) is 1.48. The van der Waals surface area contributed by atoms with Crippen LogP contribution in [0.4, 0.5) is 5.69 Å². The molecule has 0 amide bonds. The number of ether oxygens (including phenoxy) is 1. The third kappa shape index (κ3) is 2.84. The standard InChI is InChI=1S/C14H13NO2/c1-15-12-4-8-14(9-5-12)17-13-6-2-11(10-16)3-7-13/h2-10,15H,1H3. The SMILES string of the molecule is CNc1ccc(Oc2ccc(C=O)cc2)cc1. The van der Waals surface area contributed by atoms with Gasteiger partial charge in [-0.05, 0) is 48.5 Å². The van der Waals surface area contributed by atoms with Gasteiger partial charge in [0.05, 0.1) is 0 Å². The van der Waals surface area contributed by atoms with E-state index < -0.39 is 0 Å². The van der Waals surface area contributed by atoms with Crippen molar-refractivity contribution in [3.05, 3.63) is 54.1 Å². The van der Waals surface area contributed by atoms with Gasteiger partial charge in [-0.25, -0.2) is 0 Å². The summed E-state index contributed by atoms with van der Waals surface area (Å²) in [5, 5.41) is 3.04. The Balaban J connectivity index is 2.10. The summed E-state index contributed by atoms with van der Waals surface area (Å²) in [4.78, 5) is 10.5. The monoisotopic (exact) mass is 227 g/mol. The molecular weight excluding hydrogens is 214 g/mol. The van der Waals surface area contributed by atoms with Crippen LogP contribution in [-0.4, -0.2) is 13.3 Å². The van der Waals surface area contributed by atoms with Gasteiger partial charge in [0.2, 0.25) is 0 Å². The van der Waals surface area contributed by atoms with Crippen molar-refractivity contribution in [2.45, 2.75) is 0 Å². The van der Waals surface area contributed by atoms with Crippen molar-refractivity contribution in [1.29, 1.82) is 0 Å². The average molecular weight is 227 g/mol. The number of hydrogen-bond acceptors (Lipinski definition) is 3. The molecule has 0 radical (unpaired) electrons. The molecule has 0 aliphatic rings. The van der Waals surface area contributed by atoms with Gasteiger partial charge in [-0.2, -0.15) is 0 Å². The van der Waals surface area contributed by atoms with Gasteiger partial charge < -0.3 is 10.1 Å². The van der Waals surface area contributed by atoms with Crippen molar-refractivity contribution < 1.29 is 9.53 Å². The van der Waals surface area contributed by atoms with Gasteiger partial charge in [-0.1, -0.05) is 0 Å². The number of nitrogens with one attached hydrogen (secondary N) is 1. The Morgan fingerprint density at radius 3 is 1.94 bits per heavy atom. The molecule has 0 saturated carbocycles. The Bertz CT molecular complexity index is 489. The van der Waals surface area contributed by atoms with Crippen LogP contribution in [-0.2, 0) is 0 Å². The molecule has 0 atom stereocenters. The zero-order valence-electron chi connectivity index (χ0n) is 9.51. The summed E-state index contributed by atoms with van der Waals surface area (Å²) < 4.78 is 5.63. The molecule has 2 rings (SSSR count). The van der Waals surface area contributed by atoms with Gasteiger partial charge in [-0.3, -0.25) is 4.79 Å². The van der Waals surface area contributed by atoms with E-state index >= 15 is 0 Å². The van der Waals surface area contributed by atoms with E-state index in [2.05, 4.69) is 5.32 Å². The maximum Gasteiger partial charge on any atom is 0.150 e. The topological polar surface area (TPSA) is 38.3 Å². The van der Waals surface area contributed by atoms with Crippen molar-refractivity contribution in [3.63, 3.8) is 0 Å². The second-order valence-electron chi connectivity index (χ2n) is 3.56. The smallest absolute Gasteiger partial charge is 0.150 e. The minimum atomic E-state index is 0.642. The first-order chi connectivity index (χ1) is 8.31. The lowest BCUT2D eigenvalue weighted by Gasteiger charge is -2.06. The van der Waals surface area contributed by atoms with E-state index in [-0.39, 0.29) is 0 Å². The molecule has 0 fully saturated rings. The van der Waals surface area contributed by atoms with Gasteiger partial charge in [0, 0.05) is 18.3 Å². The molecule has 86 valence electrons. The molecule has 2 aromatic rings. The third-order valence-electron chi connectivity index (χ3n) is 2.39. The van der Waals surface area contributed by atoms with Gasteiger partial charge >= 0.3 is 0 Å². The van der Waals surface area contributed by atoms with Crippen LogP contribution in [0, 0.1) is 0 Å². The summed E-state index contributed by atoms with van der Waals surface area (Å²) in [6, 6.07) is 14.7. The first-order valence-electron chi connectivity index (χ1n) is 5.33. The molecule has 0 aromatic heterocycles. The van der Waals surface area contributed by atoms with E-state index in [4.69, 9.17) is 4.74 Å². The Morgan fingerprint density at radius 1 is 0.941 bits per heavy atom. The number of hydrogen-bond donors (Lipinski definition) is 1. The molecule has 3 heteroatoms. The molecule has 3 nitrogen and oxygen atoms in total. The Morgan fingerprint density at radius 2 is 1.47 bits per heavy atom. The van der Waals surface area contributed by atoms with Crippen LogP contribution in [0.5, 0.6) is 11.5 Å². The van der Waals surface area contributed by atoms with Crippen LogP contribution in [0.15, 0.2) is 48.5 Å². The summed E-state index contributed by atoms with van der Waals surface area (Å²) >= 11 is 0. The van der Waals surface area contributed by atoms with Crippen LogP contribution in [0.25, 0.3) is 0 Å². The van der Waals surface area contributed by atoms with E-state index in [1.54, 1.807) is 24.3 Å². The van der Waals surface area contributed by atoms with Crippen LogP contribution < -0.4 is 10.1 Å². The molecule has 0 saturated heterocycles. The lowest BCUT2D eigenvalue weighted by Crippen LogP contribution is -1.88. The molecule has 2 aromatic carbocycles. The van der Waals surface area contributed by atoms with Crippen LogP contribution in [0.1, 0.15) is 10.4 Å². The summed E-state index contributed by atoms with van der Waals surface area (Å²) in [7, 11) is 1.87. The van der Waals surface area contributed by atoms with Crippen molar-refractivity contribution in [3.8, 4) is 11.5 Å². The Kier molecular flexibility index (Phi) is 3.40. The van der Waals surface area contributed by atoms with Gasteiger partial charge in [-0.15, -0.1) is 0 Å². The second-order valence-corrected chi connectivity index (χ2v) is 3.56. The van der Waals surface area contributed by atoms with E-state index in [0.29, 0.717) is 11.3 Å². The van der Waals surface area contributed by atoms with E-state index in [0.717, 1.165) is 17.7 Å². The fourth-order valence-corrected chi connectivity index (χ4v) is 1.44. The first-order valence-corrected chi connectivity index (χ1v) is 5.33. The lowest BCUT2D eigenvalue weighted by molar-refractivity contribution is 0.112. The predicted octanol–water partition coefficient (Wildman–Crippen LogP) is 3.33. The molecule has 1 N–H and O–H groups in total. The third-order valence-corrected chi connectivity index (χ3v) is 2.39. The fraction of sp³-hybridized carbons (Fsp3) is 0.0714. The van der Waals surface area contributed by atoms with Crippen molar-refractivity contribution in [2.75, 3.05) is 12.4 Å². The summed E-state index contributed by atoms with van der Waals surface area (Å²) in [6.45, 7) is 0. The number of anilines is 1. The maximum absolute atomic E-state index is 10.5. The molecule has 0 aliphatic heterocycles.